The third kappa shape index (κ3) is 2.01. The third-order valence-electron chi connectivity index (χ3n) is 3.58. The van der Waals surface area contributed by atoms with Crippen LogP contribution in [0.15, 0.2) is 35.1 Å². The molecule has 1 aromatic heterocycles. The fraction of sp³-hybridized carbons (Fsp3) is 0.188. The standard InChI is InChI=1S/C16H15FN2O2/c1-19(2)13-6-4-5-10-11-7-9(21-3)8-12(17)15(11)18-16(20)14(10)13/h4-8H,1-3H3,(H,18,20). The maximum absolute atomic E-state index is 14.1. The van der Waals surface area contributed by atoms with Crippen LogP contribution in [-0.4, -0.2) is 26.2 Å². The normalized spacial score (nSPS) is 11.0. The van der Waals surface area contributed by atoms with E-state index in [1.165, 1.54) is 13.2 Å². The molecule has 108 valence electrons. The molecule has 0 fully saturated rings. The highest BCUT2D eigenvalue weighted by Crippen LogP contribution is 2.31. The number of benzene rings is 2. The second-order valence-corrected chi connectivity index (χ2v) is 5.08. The molecule has 0 unspecified atom stereocenters. The number of fused-ring (bicyclic) bond motifs is 3. The van der Waals surface area contributed by atoms with Crippen LogP contribution in [0.4, 0.5) is 10.1 Å². The number of anilines is 1. The first-order valence-electron chi connectivity index (χ1n) is 6.52. The first kappa shape index (κ1) is 13.4. The lowest BCUT2D eigenvalue weighted by atomic mass is 10.0. The highest BCUT2D eigenvalue weighted by molar-refractivity contribution is 6.10. The number of ether oxygens (including phenoxy) is 1. The van der Waals surface area contributed by atoms with E-state index in [0.717, 1.165) is 5.69 Å². The van der Waals surface area contributed by atoms with E-state index in [1.807, 2.05) is 37.2 Å². The molecular formula is C16H15FN2O2. The Morgan fingerprint density at radius 2 is 1.95 bits per heavy atom. The van der Waals surface area contributed by atoms with Crippen LogP contribution < -0.4 is 15.2 Å². The summed E-state index contributed by atoms with van der Waals surface area (Å²) in [6.07, 6.45) is 0. The molecule has 5 heteroatoms. The number of methoxy groups -OCH3 is 1. The SMILES string of the molecule is COc1cc(F)c2[nH]c(=O)c3c(N(C)C)cccc3c2c1. The lowest BCUT2D eigenvalue weighted by Crippen LogP contribution is -2.15. The van der Waals surface area contributed by atoms with Crippen LogP contribution in [0.5, 0.6) is 5.75 Å². The average Bonchev–Trinajstić information content (AvgIpc) is 2.47. The number of aromatic nitrogens is 1. The Bertz CT molecular complexity index is 900. The highest BCUT2D eigenvalue weighted by atomic mass is 19.1. The Hall–Kier alpha value is -2.56. The Labute approximate surface area is 120 Å². The zero-order valence-electron chi connectivity index (χ0n) is 12.0. The number of aromatic amines is 1. The van der Waals surface area contributed by atoms with Gasteiger partial charge in [-0.1, -0.05) is 12.1 Å². The van der Waals surface area contributed by atoms with Crippen LogP contribution in [0.3, 0.4) is 0 Å². The molecule has 0 saturated carbocycles. The molecule has 0 spiro atoms. The molecular weight excluding hydrogens is 271 g/mol. The van der Waals surface area contributed by atoms with Crippen molar-refractivity contribution in [3.05, 3.63) is 46.5 Å². The number of rotatable bonds is 2. The molecule has 1 N–H and O–H groups in total. The molecule has 0 aliphatic rings. The predicted octanol–water partition coefficient (Wildman–Crippen LogP) is 2.90. The number of pyridine rings is 1. The van der Waals surface area contributed by atoms with Crippen molar-refractivity contribution >= 4 is 27.4 Å². The number of hydrogen-bond acceptors (Lipinski definition) is 3. The van der Waals surface area contributed by atoms with E-state index in [0.29, 0.717) is 21.9 Å². The number of halogens is 1. The van der Waals surface area contributed by atoms with E-state index >= 15 is 0 Å². The molecule has 3 aromatic rings. The van der Waals surface area contributed by atoms with Crippen molar-refractivity contribution < 1.29 is 9.13 Å². The summed E-state index contributed by atoms with van der Waals surface area (Å²) < 4.78 is 19.3. The molecule has 4 nitrogen and oxygen atoms in total. The van der Waals surface area contributed by atoms with Crippen molar-refractivity contribution in [1.82, 2.24) is 4.98 Å². The first-order chi connectivity index (χ1) is 10.0. The average molecular weight is 286 g/mol. The summed E-state index contributed by atoms with van der Waals surface area (Å²) in [6.45, 7) is 0. The van der Waals surface area contributed by atoms with Gasteiger partial charge in [0.25, 0.3) is 5.56 Å². The molecule has 0 aliphatic carbocycles. The minimum absolute atomic E-state index is 0.198. The van der Waals surface area contributed by atoms with Gasteiger partial charge in [0.1, 0.15) is 5.75 Å². The number of H-pyrrole nitrogens is 1. The van der Waals surface area contributed by atoms with Gasteiger partial charge in [-0.3, -0.25) is 4.79 Å². The molecule has 0 radical (unpaired) electrons. The van der Waals surface area contributed by atoms with E-state index in [4.69, 9.17) is 4.74 Å². The van der Waals surface area contributed by atoms with E-state index in [2.05, 4.69) is 4.98 Å². The fourth-order valence-corrected chi connectivity index (χ4v) is 2.59. The van der Waals surface area contributed by atoms with E-state index in [-0.39, 0.29) is 11.1 Å². The van der Waals surface area contributed by atoms with Crippen LogP contribution in [0.1, 0.15) is 0 Å². The van der Waals surface area contributed by atoms with E-state index < -0.39 is 5.82 Å². The van der Waals surface area contributed by atoms with Crippen LogP contribution in [-0.2, 0) is 0 Å². The van der Waals surface area contributed by atoms with Crippen molar-refractivity contribution in [2.45, 2.75) is 0 Å². The van der Waals surface area contributed by atoms with Gasteiger partial charge in [0.15, 0.2) is 5.82 Å². The molecule has 21 heavy (non-hydrogen) atoms. The Balaban J connectivity index is 2.57. The largest absolute Gasteiger partial charge is 0.497 e. The molecule has 2 aromatic carbocycles. The zero-order valence-corrected chi connectivity index (χ0v) is 12.0. The Kier molecular flexibility index (Phi) is 3.05. The number of hydrogen-bond donors (Lipinski definition) is 1. The molecule has 1 heterocycles. The Morgan fingerprint density at radius 1 is 1.19 bits per heavy atom. The zero-order chi connectivity index (χ0) is 15.1. The maximum Gasteiger partial charge on any atom is 0.258 e. The molecule has 0 aliphatic heterocycles. The number of nitrogens with zero attached hydrogens (tertiary/aromatic N) is 1. The summed E-state index contributed by atoms with van der Waals surface area (Å²) in [5.74, 6) is -0.0813. The topological polar surface area (TPSA) is 45.3 Å². The van der Waals surface area contributed by atoms with Gasteiger partial charge in [0.05, 0.1) is 18.0 Å². The summed E-state index contributed by atoms with van der Waals surface area (Å²) >= 11 is 0. The van der Waals surface area contributed by atoms with Gasteiger partial charge < -0.3 is 14.6 Å². The van der Waals surface area contributed by atoms with Crippen molar-refractivity contribution in [1.29, 1.82) is 0 Å². The quantitative estimate of drug-likeness (QED) is 0.737. The van der Waals surface area contributed by atoms with Crippen LogP contribution in [0, 0.1) is 5.82 Å². The molecule has 0 bridgehead atoms. The molecule has 0 saturated heterocycles. The summed E-state index contributed by atoms with van der Waals surface area (Å²) in [6, 6.07) is 8.53. The minimum Gasteiger partial charge on any atom is -0.497 e. The first-order valence-corrected chi connectivity index (χ1v) is 6.52. The van der Waals surface area contributed by atoms with Gasteiger partial charge in [-0.15, -0.1) is 0 Å². The predicted molar refractivity (Wildman–Crippen MR) is 82.9 cm³/mol. The van der Waals surface area contributed by atoms with Crippen molar-refractivity contribution in [3.8, 4) is 5.75 Å². The monoisotopic (exact) mass is 286 g/mol. The second kappa shape index (κ2) is 4.77. The van der Waals surface area contributed by atoms with Gasteiger partial charge in [0, 0.05) is 31.2 Å². The van der Waals surface area contributed by atoms with Gasteiger partial charge in [0.2, 0.25) is 0 Å². The lowest BCUT2D eigenvalue weighted by Gasteiger charge is -2.16. The summed E-state index contributed by atoms with van der Waals surface area (Å²) in [5, 5.41) is 1.88. The molecule has 0 amide bonds. The third-order valence-corrected chi connectivity index (χ3v) is 3.58. The van der Waals surface area contributed by atoms with Gasteiger partial charge in [-0.2, -0.15) is 0 Å². The summed E-state index contributed by atoms with van der Waals surface area (Å²) in [7, 11) is 5.22. The fourth-order valence-electron chi connectivity index (χ4n) is 2.59. The van der Waals surface area contributed by atoms with E-state index in [9.17, 15) is 9.18 Å². The smallest absolute Gasteiger partial charge is 0.258 e. The molecule has 0 atom stereocenters. The Morgan fingerprint density at radius 3 is 2.62 bits per heavy atom. The summed E-state index contributed by atoms with van der Waals surface area (Å²) in [4.78, 5) is 16.8. The number of nitrogens with one attached hydrogen (secondary N) is 1. The second-order valence-electron chi connectivity index (χ2n) is 5.08. The van der Waals surface area contributed by atoms with Crippen molar-refractivity contribution in [3.63, 3.8) is 0 Å². The van der Waals surface area contributed by atoms with Crippen LogP contribution in [0.25, 0.3) is 21.7 Å². The van der Waals surface area contributed by atoms with E-state index in [1.54, 1.807) is 6.07 Å². The van der Waals surface area contributed by atoms with Crippen molar-refractivity contribution in [2.24, 2.45) is 0 Å². The molecule has 3 rings (SSSR count). The van der Waals surface area contributed by atoms with Crippen LogP contribution >= 0.6 is 0 Å². The maximum atomic E-state index is 14.1. The lowest BCUT2D eigenvalue weighted by molar-refractivity contribution is 0.412. The van der Waals surface area contributed by atoms with Gasteiger partial charge >= 0.3 is 0 Å². The van der Waals surface area contributed by atoms with Gasteiger partial charge in [-0.05, 0) is 17.5 Å². The summed E-state index contributed by atoms with van der Waals surface area (Å²) in [5.41, 5.74) is 0.689. The van der Waals surface area contributed by atoms with Gasteiger partial charge in [-0.25, -0.2) is 4.39 Å². The highest BCUT2D eigenvalue weighted by Gasteiger charge is 2.14. The van der Waals surface area contributed by atoms with Crippen LogP contribution in [0.2, 0.25) is 0 Å². The minimum atomic E-state index is -0.501. The van der Waals surface area contributed by atoms with Crippen molar-refractivity contribution in [2.75, 3.05) is 26.1 Å².